The van der Waals surface area contributed by atoms with E-state index in [-0.39, 0.29) is 0 Å². The molecule has 0 unspecified atom stereocenters. The van der Waals surface area contributed by atoms with Gasteiger partial charge in [0.2, 0.25) is 0 Å². The van der Waals surface area contributed by atoms with Crippen LogP contribution in [0.2, 0.25) is 0 Å². The highest BCUT2D eigenvalue weighted by Gasteiger charge is 2.29. The summed E-state index contributed by atoms with van der Waals surface area (Å²) in [5, 5.41) is 6.09. The second kappa shape index (κ2) is 8.40. The molecule has 1 aromatic carbocycles. The SMILES string of the molecule is Nc1c(NCCN2CCOCC2)ncnc1Nc1ccc(C(F)(F)F)cc1. The minimum absolute atomic E-state index is 0.305. The Balaban J connectivity index is 1.60. The highest BCUT2D eigenvalue weighted by Crippen LogP contribution is 2.31. The maximum atomic E-state index is 12.6. The molecule has 0 atom stereocenters. The van der Waals surface area contributed by atoms with E-state index in [2.05, 4.69) is 25.5 Å². The van der Waals surface area contributed by atoms with Crippen LogP contribution < -0.4 is 16.4 Å². The van der Waals surface area contributed by atoms with Gasteiger partial charge in [0.1, 0.15) is 12.0 Å². The third kappa shape index (κ3) is 5.20. The summed E-state index contributed by atoms with van der Waals surface area (Å²) in [6, 6.07) is 4.66. The number of anilines is 4. The van der Waals surface area contributed by atoms with Gasteiger partial charge in [0.25, 0.3) is 0 Å². The number of halogens is 3. The molecule has 4 N–H and O–H groups in total. The van der Waals surface area contributed by atoms with Crippen LogP contribution >= 0.6 is 0 Å². The Morgan fingerprint density at radius 2 is 1.74 bits per heavy atom. The van der Waals surface area contributed by atoms with Crippen molar-refractivity contribution in [2.75, 3.05) is 55.8 Å². The Morgan fingerprint density at radius 3 is 2.41 bits per heavy atom. The molecule has 2 heterocycles. The van der Waals surface area contributed by atoms with Crippen LogP contribution in [-0.2, 0) is 10.9 Å². The molecule has 0 aliphatic carbocycles. The van der Waals surface area contributed by atoms with E-state index in [9.17, 15) is 13.2 Å². The molecule has 1 saturated heterocycles. The number of morpholine rings is 1. The Labute approximate surface area is 154 Å². The molecule has 1 fully saturated rings. The standard InChI is InChI=1S/C17H21F3N6O/c18-17(19,20)12-1-3-13(4-2-12)25-16-14(21)15(23-11-24-16)22-5-6-26-7-9-27-10-8-26/h1-4,11H,5-10,21H2,(H2,22,23,24,25). The molecule has 1 aromatic heterocycles. The van der Waals surface area contributed by atoms with Gasteiger partial charge in [-0.05, 0) is 24.3 Å². The van der Waals surface area contributed by atoms with Crippen LogP contribution in [0.5, 0.6) is 0 Å². The fourth-order valence-electron chi connectivity index (χ4n) is 2.67. The first-order chi connectivity index (χ1) is 12.9. The minimum Gasteiger partial charge on any atom is -0.393 e. The first kappa shape index (κ1) is 19.2. The van der Waals surface area contributed by atoms with Gasteiger partial charge in [-0.15, -0.1) is 0 Å². The normalized spacial score (nSPS) is 15.5. The lowest BCUT2D eigenvalue weighted by Gasteiger charge is -2.26. The zero-order chi connectivity index (χ0) is 19.3. The molecule has 27 heavy (non-hydrogen) atoms. The van der Waals surface area contributed by atoms with Crippen LogP contribution in [0.3, 0.4) is 0 Å². The van der Waals surface area contributed by atoms with E-state index in [0.29, 0.717) is 29.6 Å². The number of nitrogens with two attached hydrogens (primary N) is 1. The molecule has 146 valence electrons. The van der Waals surface area contributed by atoms with Crippen molar-refractivity contribution < 1.29 is 17.9 Å². The summed E-state index contributed by atoms with van der Waals surface area (Å²) in [4.78, 5) is 10.5. The lowest BCUT2D eigenvalue weighted by Crippen LogP contribution is -2.39. The number of nitrogens with zero attached hydrogens (tertiary/aromatic N) is 3. The minimum atomic E-state index is -4.37. The number of alkyl halides is 3. The van der Waals surface area contributed by atoms with E-state index in [4.69, 9.17) is 10.5 Å². The molecule has 0 radical (unpaired) electrons. The van der Waals surface area contributed by atoms with E-state index in [1.165, 1.54) is 18.5 Å². The van der Waals surface area contributed by atoms with Gasteiger partial charge < -0.3 is 21.1 Å². The highest BCUT2D eigenvalue weighted by molar-refractivity contribution is 5.77. The van der Waals surface area contributed by atoms with Gasteiger partial charge in [0.05, 0.1) is 18.8 Å². The summed E-state index contributed by atoms with van der Waals surface area (Å²) in [6.07, 6.45) is -3.02. The van der Waals surface area contributed by atoms with Crippen molar-refractivity contribution in [3.05, 3.63) is 36.2 Å². The van der Waals surface area contributed by atoms with Crippen LogP contribution in [-0.4, -0.2) is 54.3 Å². The maximum absolute atomic E-state index is 12.6. The zero-order valence-electron chi connectivity index (χ0n) is 14.6. The van der Waals surface area contributed by atoms with E-state index in [1.807, 2.05) is 0 Å². The van der Waals surface area contributed by atoms with Crippen molar-refractivity contribution in [2.45, 2.75) is 6.18 Å². The Morgan fingerprint density at radius 1 is 1.07 bits per heavy atom. The number of rotatable bonds is 6. The molecule has 1 aliphatic rings. The number of benzene rings is 1. The summed E-state index contributed by atoms with van der Waals surface area (Å²) in [6.45, 7) is 4.73. The van der Waals surface area contributed by atoms with Crippen molar-refractivity contribution in [2.24, 2.45) is 0 Å². The van der Waals surface area contributed by atoms with Crippen LogP contribution in [0.15, 0.2) is 30.6 Å². The Hall–Kier alpha value is -2.59. The van der Waals surface area contributed by atoms with Gasteiger partial charge in [-0.1, -0.05) is 0 Å². The summed E-state index contributed by atoms with van der Waals surface area (Å²) in [5.74, 6) is 0.811. The third-order valence-corrected chi connectivity index (χ3v) is 4.18. The fraction of sp³-hybridized carbons (Fsp3) is 0.412. The monoisotopic (exact) mass is 382 g/mol. The fourth-order valence-corrected chi connectivity index (χ4v) is 2.67. The van der Waals surface area contributed by atoms with Crippen molar-refractivity contribution in [3.63, 3.8) is 0 Å². The van der Waals surface area contributed by atoms with Gasteiger partial charge in [-0.2, -0.15) is 13.2 Å². The lowest BCUT2D eigenvalue weighted by molar-refractivity contribution is -0.137. The first-order valence-electron chi connectivity index (χ1n) is 8.52. The van der Waals surface area contributed by atoms with E-state index >= 15 is 0 Å². The first-order valence-corrected chi connectivity index (χ1v) is 8.52. The molecule has 3 rings (SSSR count). The number of nitrogens with one attached hydrogen (secondary N) is 2. The van der Waals surface area contributed by atoms with Gasteiger partial charge in [0, 0.05) is 31.9 Å². The summed E-state index contributed by atoms with van der Waals surface area (Å²) < 4.78 is 43.2. The topological polar surface area (TPSA) is 88.3 Å². The molecule has 1 aliphatic heterocycles. The number of hydrogen-bond acceptors (Lipinski definition) is 7. The van der Waals surface area contributed by atoms with Gasteiger partial charge in [0.15, 0.2) is 11.6 Å². The number of ether oxygens (including phenoxy) is 1. The van der Waals surface area contributed by atoms with Crippen LogP contribution in [0.25, 0.3) is 0 Å². The summed E-state index contributed by atoms with van der Waals surface area (Å²) in [5.41, 5.74) is 6.13. The molecule has 0 spiro atoms. The molecule has 10 heteroatoms. The molecule has 2 aromatic rings. The zero-order valence-corrected chi connectivity index (χ0v) is 14.6. The van der Waals surface area contributed by atoms with Gasteiger partial charge >= 0.3 is 6.18 Å². The van der Waals surface area contributed by atoms with Crippen molar-refractivity contribution in [3.8, 4) is 0 Å². The number of aromatic nitrogens is 2. The van der Waals surface area contributed by atoms with Gasteiger partial charge in [-0.3, -0.25) is 4.90 Å². The predicted molar refractivity (Wildman–Crippen MR) is 96.9 cm³/mol. The Bertz CT molecular complexity index is 747. The Kier molecular flexibility index (Phi) is 5.97. The largest absolute Gasteiger partial charge is 0.416 e. The molecule has 7 nitrogen and oxygen atoms in total. The van der Waals surface area contributed by atoms with E-state index in [1.54, 1.807) is 0 Å². The third-order valence-electron chi connectivity index (χ3n) is 4.18. The molecular formula is C17H21F3N6O. The predicted octanol–water partition coefficient (Wildman–Crippen LogP) is 2.57. The average Bonchev–Trinajstić information content (AvgIpc) is 2.65. The summed E-state index contributed by atoms with van der Waals surface area (Å²) in [7, 11) is 0. The number of nitrogen functional groups attached to an aromatic ring is 1. The van der Waals surface area contributed by atoms with E-state index in [0.717, 1.165) is 45.0 Å². The average molecular weight is 382 g/mol. The van der Waals surface area contributed by atoms with Crippen LogP contribution in [0.4, 0.5) is 36.2 Å². The highest BCUT2D eigenvalue weighted by atomic mass is 19.4. The maximum Gasteiger partial charge on any atom is 0.416 e. The molecular weight excluding hydrogens is 361 g/mol. The smallest absolute Gasteiger partial charge is 0.393 e. The van der Waals surface area contributed by atoms with Crippen LogP contribution in [0.1, 0.15) is 5.56 Å². The van der Waals surface area contributed by atoms with Crippen molar-refractivity contribution in [1.29, 1.82) is 0 Å². The van der Waals surface area contributed by atoms with Crippen molar-refractivity contribution >= 4 is 23.0 Å². The molecule has 0 amide bonds. The van der Waals surface area contributed by atoms with Crippen molar-refractivity contribution in [1.82, 2.24) is 14.9 Å². The molecule has 0 bridgehead atoms. The lowest BCUT2D eigenvalue weighted by atomic mass is 10.2. The number of hydrogen-bond donors (Lipinski definition) is 3. The van der Waals surface area contributed by atoms with E-state index < -0.39 is 11.7 Å². The second-order valence-corrected chi connectivity index (χ2v) is 6.07. The van der Waals surface area contributed by atoms with Crippen LogP contribution in [0, 0.1) is 0 Å². The quantitative estimate of drug-likeness (QED) is 0.708. The summed E-state index contributed by atoms with van der Waals surface area (Å²) >= 11 is 0. The van der Waals surface area contributed by atoms with Gasteiger partial charge in [-0.25, -0.2) is 9.97 Å². The second-order valence-electron chi connectivity index (χ2n) is 6.07. The molecule has 0 saturated carbocycles.